The number of pyridine rings is 2. The van der Waals surface area contributed by atoms with E-state index in [2.05, 4.69) is 4.98 Å². The molecule has 0 aliphatic carbocycles. The van der Waals surface area contributed by atoms with Crippen LogP contribution in [0, 0.1) is 4.64 Å². The van der Waals surface area contributed by atoms with E-state index in [1.807, 2.05) is 47.2 Å². The molecular formula is C10H8N2S. The first-order valence-electron chi connectivity index (χ1n) is 3.97. The van der Waals surface area contributed by atoms with E-state index >= 15 is 0 Å². The van der Waals surface area contributed by atoms with E-state index in [0.29, 0.717) is 0 Å². The van der Waals surface area contributed by atoms with Crippen LogP contribution in [0.2, 0.25) is 0 Å². The SMILES string of the molecule is S=c1ccccn1-c1ccccn1. The third-order valence-corrected chi connectivity index (χ3v) is 2.05. The minimum absolute atomic E-state index is 0.765. The van der Waals surface area contributed by atoms with Crippen molar-refractivity contribution in [3.63, 3.8) is 0 Å². The fourth-order valence-corrected chi connectivity index (χ4v) is 1.35. The fraction of sp³-hybridized carbons (Fsp3) is 0. The summed E-state index contributed by atoms with van der Waals surface area (Å²) in [5.41, 5.74) is 0. The maximum absolute atomic E-state index is 5.16. The summed E-state index contributed by atoms with van der Waals surface area (Å²) in [6, 6.07) is 11.5. The van der Waals surface area contributed by atoms with Gasteiger partial charge >= 0.3 is 0 Å². The largest absolute Gasteiger partial charge is 0.292 e. The summed E-state index contributed by atoms with van der Waals surface area (Å²) in [6.45, 7) is 0. The summed E-state index contributed by atoms with van der Waals surface area (Å²) in [7, 11) is 0. The van der Waals surface area contributed by atoms with Crippen molar-refractivity contribution in [2.45, 2.75) is 0 Å². The fourth-order valence-electron chi connectivity index (χ4n) is 1.11. The third kappa shape index (κ3) is 1.65. The Morgan fingerprint density at radius 3 is 2.62 bits per heavy atom. The molecule has 2 rings (SSSR count). The van der Waals surface area contributed by atoms with Gasteiger partial charge in [-0.2, -0.15) is 0 Å². The van der Waals surface area contributed by atoms with Gasteiger partial charge in [0, 0.05) is 12.4 Å². The number of hydrogen-bond acceptors (Lipinski definition) is 2. The summed E-state index contributed by atoms with van der Waals surface area (Å²) >= 11 is 5.16. The molecule has 0 aromatic carbocycles. The van der Waals surface area contributed by atoms with Gasteiger partial charge in [-0.25, -0.2) is 4.98 Å². The quantitative estimate of drug-likeness (QED) is 0.640. The standard InChI is InChI=1S/C10H8N2S/c13-10-6-2-4-8-12(10)9-5-1-3-7-11-9/h1-8H. The number of hydrogen-bond donors (Lipinski definition) is 0. The Bertz CT molecular complexity index is 448. The van der Waals surface area contributed by atoms with Gasteiger partial charge in [0.2, 0.25) is 0 Å². The van der Waals surface area contributed by atoms with Gasteiger partial charge in [-0.3, -0.25) is 4.57 Å². The molecule has 0 N–H and O–H groups in total. The lowest BCUT2D eigenvalue weighted by atomic mass is 10.4. The molecular weight excluding hydrogens is 180 g/mol. The number of rotatable bonds is 1. The molecule has 0 bridgehead atoms. The van der Waals surface area contributed by atoms with Crippen LogP contribution in [0.15, 0.2) is 48.8 Å². The van der Waals surface area contributed by atoms with Crippen molar-refractivity contribution >= 4 is 12.2 Å². The van der Waals surface area contributed by atoms with Crippen molar-refractivity contribution in [3.8, 4) is 5.82 Å². The molecule has 0 fully saturated rings. The summed E-state index contributed by atoms with van der Waals surface area (Å²) < 4.78 is 2.64. The minimum atomic E-state index is 0.765. The van der Waals surface area contributed by atoms with E-state index in [1.165, 1.54) is 0 Å². The van der Waals surface area contributed by atoms with Crippen LogP contribution in [0.1, 0.15) is 0 Å². The molecule has 0 aliphatic rings. The van der Waals surface area contributed by atoms with E-state index in [4.69, 9.17) is 12.2 Å². The first-order valence-corrected chi connectivity index (χ1v) is 4.38. The van der Waals surface area contributed by atoms with Crippen molar-refractivity contribution in [3.05, 3.63) is 53.4 Å². The molecule has 0 atom stereocenters. The Labute approximate surface area is 81.5 Å². The van der Waals surface area contributed by atoms with Crippen LogP contribution >= 0.6 is 12.2 Å². The van der Waals surface area contributed by atoms with E-state index in [1.54, 1.807) is 6.20 Å². The second kappa shape index (κ2) is 3.49. The van der Waals surface area contributed by atoms with Crippen molar-refractivity contribution in [2.75, 3.05) is 0 Å². The van der Waals surface area contributed by atoms with Gasteiger partial charge < -0.3 is 0 Å². The van der Waals surface area contributed by atoms with Crippen molar-refractivity contribution in [2.24, 2.45) is 0 Å². The minimum Gasteiger partial charge on any atom is -0.292 e. The topological polar surface area (TPSA) is 17.8 Å². The third-order valence-electron chi connectivity index (χ3n) is 1.72. The highest BCUT2D eigenvalue weighted by molar-refractivity contribution is 7.71. The maximum atomic E-state index is 5.16. The molecule has 13 heavy (non-hydrogen) atoms. The van der Waals surface area contributed by atoms with Crippen molar-refractivity contribution in [1.29, 1.82) is 0 Å². The zero-order valence-corrected chi connectivity index (χ0v) is 7.74. The number of aromatic nitrogens is 2. The Morgan fingerprint density at radius 1 is 1.08 bits per heavy atom. The van der Waals surface area contributed by atoms with E-state index in [9.17, 15) is 0 Å². The lowest BCUT2D eigenvalue weighted by molar-refractivity contribution is 0.969. The second-order valence-electron chi connectivity index (χ2n) is 2.60. The zero-order valence-electron chi connectivity index (χ0n) is 6.92. The van der Waals surface area contributed by atoms with Crippen LogP contribution in [0.25, 0.3) is 5.82 Å². The highest BCUT2D eigenvalue weighted by Crippen LogP contribution is 2.03. The average molecular weight is 188 g/mol. The van der Waals surface area contributed by atoms with Crippen LogP contribution in [-0.2, 0) is 0 Å². The highest BCUT2D eigenvalue weighted by atomic mass is 32.1. The molecule has 0 aliphatic heterocycles. The lowest BCUT2D eigenvalue weighted by Gasteiger charge is -2.03. The summed E-state index contributed by atoms with van der Waals surface area (Å²) in [4.78, 5) is 4.21. The molecule has 0 saturated heterocycles. The molecule has 0 radical (unpaired) electrons. The Kier molecular flexibility index (Phi) is 2.19. The molecule has 0 unspecified atom stereocenters. The van der Waals surface area contributed by atoms with Gasteiger partial charge in [-0.05, 0) is 24.3 Å². The Hall–Kier alpha value is -1.48. The Morgan fingerprint density at radius 2 is 1.92 bits per heavy atom. The van der Waals surface area contributed by atoms with Crippen LogP contribution in [0.3, 0.4) is 0 Å². The van der Waals surface area contributed by atoms with E-state index in [0.717, 1.165) is 10.5 Å². The van der Waals surface area contributed by atoms with Crippen LogP contribution in [-0.4, -0.2) is 9.55 Å². The molecule has 2 aromatic heterocycles. The predicted octanol–water partition coefficient (Wildman–Crippen LogP) is 2.60. The molecule has 0 amide bonds. The number of nitrogens with zero attached hydrogens (tertiary/aromatic N) is 2. The molecule has 64 valence electrons. The smallest absolute Gasteiger partial charge is 0.137 e. The normalized spacial score (nSPS) is 9.85. The van der Waals surface area contributed by atoms with Crippen LogP contribution < -0.4 is 0 Å². The maximum Gasteiger partial charge on any atom is 0.137 e. The summed E-state index contributed by atoms with van der Waals surface area (Å²) in [5, 5.41) is 0. The lowest BCUT2D eigenvalue weighted by Crippen LogP contribution is -1.97. The monoisotopic (exact) mass is 188 g/mol. The molecule has 0 saturated carbocycles. The van der Waals surface area contributed by atoms with Crippen LogP contribution in [0.4, 0.5) is 0 Å². The van der Waals surface area contributed by atoms with Gasteiger partial charge in [-0.1, -0.05) is 24.4 Å². The molecule has 3 heteroatoms. The first-order chi connectivity index (χ1) is 6.38. The van der Waals surface area contributed by atoms with Crippen molar-refractivity contribution < 1.29 is 0 Å². The summed E-state index contributed by atoms with van der Waals surface area (Å²) in [6.07, 6.45) is 3.66. The molecule has 2 heterocycles. The summed E-state index contributed by atoms with van der Waals surface area (Å²) in [5.74, 6) is 0.855. The predicted molar refractivity (Wildman–Crippen MR) is 54.4 cm³/mol. The highest BCUT2D eigenvalue weighted by Gasteiger charge is 1.93. The van der Waals surface area contributed by atoms with E-state index < -0.39 is 0 Å². The van der Waals surface area contributed by atoms with Gasteiger partial charge in [0.15, 0.2) is 0 Å². The Balaban J connectivity index is 2.60. The van der Waals surface area contributed by atoms with E-state index in [-0.39, 0.29) is 0 Å². The van der Waals surface area contributed by atoms with Gasteiger partial charge in [0.25, 0.3) is 0 Å². The van der Waals surface area contributed by atoms with Gasteiger partial charge in [0.1, 0.15) is 10.5 Å². The second-order valence-corrected chi connectivity index (χ2v) is 3.02. The van der Waals surface area contributed by atoms with Crippen molar-refractivity contribution in [1.82, 2.24) is 9.55 Å². The first kappa shape index (κ1) is 8.13. The molecule has 2 nitrogen and oxygen atoms in total. The van der Waals surface area contributed by atoms with Gasteiger partial charge in [0.05, 0.1) is 0 Å². The van der Waals surface area contributed by atoms with Crippen LogP contribution in [0.5, 0.6) is 0 Å². The molecule has 2 aromatic rings. The van der Waals surface area contributed by atoms with Gasteiger partial charge in [-0.15, -0.1) is 0 Å². The average Bonchev–Trinajstić information content (AvgIpc) is 2.20. The molecule has 0 spiro atoms. The zero-order chi connectivity index (χ0) is 9.10.